The van der Waals surface area contributed by atoms with Crippen molar-refractivity contribution in [2.24, 2.45) is 5.92 Å². The second kappa shape index (κ2) is 5.12. The van der Waals surface area contributed by atoms with E-state index >= 15 is 0 Å². The third kappa shape index (κ3) is 2.82. The first-order valence-corrected chi connectivity index (χ1v) is 5.31. The van der Waals surface area contributed by atoms with Crippen LogP contribution in [0.2, 0.25) is 0 Å². The summed E-state index contributed by atoms with van der Waals surface area (Å²) < 4.78 is 5.20. The number of aliphatic hydroxyl groups excluding tert-OH is 1. The van der Waals surface area contributed by atoms with Gasteiger partial charge in [0, 0.05) is 6.92 Å². The van der Waals surface area contributed by atoms with Crippen LogP contribution in [-0.4, -0.2) is 28.6 Å². The van der Waals surface area contributed by atoms with E-state index in [1.807, 2.05) is 13.8 Å². The SMILES string of the molecule is Cc1nc(C)c(C(=O)N[C@H](CO)C(C)C)o1. The quantitative estimate of drug-likeness (QED) is 0.804. The van der Waals surface area contributed by atoms with Crippen LogP contribution < -0.4 is 5.32 Å². The summed E-state index contributed by atoms with van der Waals surface area (Å²) in [6.07, 6.45) is 0. The molecule has 0 saturated heterocycles. The lowest BCUT2D eigenvalue weighted by Gasteiger charge is -2.19. The van der Waals surface area contributed by atoms with E-state index in [1.54, 1.807) is 13.8 Å². The van der Waals surface area contributed by atoms with Gasteiger partial charge in [-0.3, -0.25) is 4.79 Å². The molecule has 1 atom stereocenters. The summed E-state index contributed by atoms with van der Waals surface area (Å²) in [6.45, 7) is 7.18. The molecule has 0 fully saturated rings. The Kier molecular flexibility index (Phi) is 4.06. The van der Waals surface area contributed by atoms with Gasteiger partial charge in [0.15, 0.2) is 5.89 Å². The van der Waals surface area contributed by atoms with Crippen molar-refractivity contribution < 1.29 is 14.3 Å². The normalized spacial score (nSPS) is 12.9. The number of aliphatic hydroxyl groups is 1. The van der Waals surface area contributed by atoms with Gasteiger partial charge in [-0.15, -0.1) is 0 Å². The molecule has 0 aliphatic carbocycles. The number of amides is 1. The first-order valence-electron chi connectivity index (χ1n) is 5.31. The standard InChI is InChI=1S/C11H18N2O3/c1-6(2)9(5-14)13-11(15)10-7(3)12-8(4)16-10/h6,9,14H,5H2,1-4H3,(H,13,15)/t9-/m1/s1. The van der Waals surface area contributed by atoms with Gasteiger partial charge in [0.1, 0.15) is 0 Å². The van der Waals surface area contributed by atoms with E-state index in [4.69, 9.17) is 9.52 Å². The number of carbonyl (C=O) groups excluding carboxylic acids is 1. The molecule has 5 nitrogen and oxygen atoms in total. The van der Waals surface area contributed by atoms with Crippen LogP contribution in [0.15, 0.2) is 4.42 Å². The Bertz CT molecular complexity index is 371. The summed E-state index contributed by atoms with van der Waals surface area (Å²) in [4.78, 5) is 15.8. The maximum Gasteiger partial charge on any atom is 0.289 e. The van der Waals surface area contributed by atoms with Gasteiger partial charge < -0.3 is 14.8 Å². The highest BCUT2D eigenvalue weighted by Gasteiger charge is 2.20. The highest BCUT2D eigenvalue weighted by atomic mass is 16.4. The molecule has 0 saturated carbocycles. The monoisotopic (exact) mass is 226 g/mol. The summed E-state index contributed by atoms with van der Waals surface area (Å²) in [7, 11) is 0. The van der Waals surface area contributed by atoms with E-state index in [9.17, 15) is 4.79 Å². The average Bonchev–Trinajstić information content (AvgIpc) is 2.53. The zero-order chi connectivity index (χ0) is 12.3. The number of rotatable bonds is 4. The molecular weight excluding hydrogens is 208 g/mol. The van der Waals surface area contributed by atoms with Crippen molar-refractivity contribution in [3.63, 3.8) is 0 Å². The topological polar surface area (TPSA) is 75.4 Å². The van der Waals surface area contributed by atoms with Crippen molar-refractivity contribution in [1.29, 1.82) is 0 Å². The predicted octanol–water partition coefficient (Wildman–Crippen LogP) is 1.04. The van der Waals surface area contributed by atoms with Crippen LogP contribution in [0, 0.1) is 19.8 Å². The molecule has 1 aromatic rings. The highest BCUT2D eigenvalue weighted by Crippen LogP contribution is 2.10. The van der Waals surface area contributed by atoms with Crippen molar-refractivity contribution in [2.45, 2.75) is 33.7 Å². The highest BCUT2D eigenvalue weighted by molar-refractivity contribution is 5.92. The Hall–Kier alpha value is -1.36. The molecule has 2 N–H and O–H groups in total. The summed E-state index contributed by atoms with van der Waals surface area (Å²) in [6, 6.07) is -0.266. The van der Waals surface area contributed by atoms with Gasteiger partial charge >= 0.3 is 0 Å². The molecular formula is C11H18N2O3. The molecule has 0 radical (unpaired) electrons. The lowest BCUT2D eigenvalue weighted by molar-refractivity contribution is 0.0866. The molecule has 0 unspecified atom stereocenters. The van der Waals surface area contributed by atoms with E-state index in [1.165, 1.54) is 0 Å². The lowest BCUT2D eigenvalue weighted by Crippen LogP contribution is -2.41. The van der Waals surface area contributed by atoms with Gasteiger partial charge in [-0.05, 0) is 12.8 Å². The molecule has 1 aromatic heterocycles. The van der Waals surface area contributed by atoms with Crippen LogP contribution in [0.5, 0.6) is 0 Å². The predicted molar refractivity (Wildman–Crippen MR) is 59.2 cm³/mol. The number of hydrogen-bond acceptors (Lipinski definition) is 4. The average molecular weight is 226 g/mol. The summed E-state index contributed by atoms with van der Waals surface area (Å²) in [5, 5.41) is 11.8. The van der Waals surface area contributed by atoms with Gasteiger partial charge in [0.25, 0.3) is 5.91 Å². The summed E-state index contributed by atoms with van der Waals surface area (Å²) in [5.41, 5.74) is 0.565. The number of aryl methyl sites for hydroxylation is 2. The fourth-order valence-electron chi connectivity index (χ4n) is 1.40. The number of carbonyl (C=O) groups is 1. The summed E-state index contributed by atoms with van der Waals surface area (Å²) in [5.74, 6) is 0.522. The van der Waals surface area contributed by atoms with Crippen LogP contribution >= 0.6 is 0 Å². The lowest BCUT2D eigenvalue weighted by atomic mass is 10.1. The van der Waals surface area contributed by atoms with Gasteiger partial charge in [0.05, 0.1) is 18.3 Å². The van der Waals surface area contributed by atoms with Crippen molar-refractivity contribution >= 4 is 5.91 Å². The molecule has 0 aliphatic heterocycles. The molecule has 0 spiro atoms. The van der Waals surface area contributed by atoms with E-state index in [2.05, 4.69) is 10.3 Å². The largest absolute Gasteiger partial charge is 0.436 e. The number of nitrogens with zero attached hydrogens (tertiary/aromatic N) is 1. The van der Waals surface area contributed by atoms with E-state index in [0.29, 0.717) is 11.6 Å². The Morgan fingerprint density at radius 2 is 2.12 bits per heavy atom. The molecule has 5 heteroatoms. The summed E-state index contributed by atoms with van der Waals surface area (Å²) >= 11 is 0. The second-order valence-corrected chi connectivity index (χ2v) is 4.15. The van der Waals surface area contributed by atoms with Crippen molar-refractivity contribution in [3.8, 4) is 0 Å². The van der Waals surface area contributed by atoms with Crippen LogP contribution in [0.25, 0.3) is 0 Å². The third-order valence-electron chi connectivity index (χ3n) is 2.43. The van der Waals surface area contributed by atoms with Crippen LogP contribution in [0.4, 0.5) is 0 Å². The molecule has 0 bridgehead atoms. The Balaban J connectivity index is 2.75. The molecule has 16 heavy (non-hydrogen) atoms. The van der Waals surface area contributed by atoms with E-state index in [-0.39, 0.29) is 30.2 Å². The van der Waals surface area contributed by atoms with Gasteiger partial charge in [-0.25, -0.2) is 4.98 Å². The molecule has 0 aromatic carbocycles. The van der Waals surface area contributed by atoms with E-state index < -0.39 is 0 Å². The third-order valence-corrected chi connectivity index (χ3v) is 2.43. The van der Waals surface area contributed by atoms with Crippen LogP contribution in [0.3, 0.4) is 0 Å². The smallest absolute Gasteiger partial charge is 0.289 e. The second-order valence-electron chi connectivity index (χ2n) is 4.15. The number of aromatic nitrogens is 1. The molecule has 0 aliphatic rings. The Morgan fingerprint density at radius 3 is 2.50 bits per heavy atom. The zero-order valence-electron chi connectivity index (χ0n) is 10.1. The fraction of sp³-hybridized carbons (Fsp3) is 0.636. The van der Waals surface area contributed by atoms with Crippen LogP contribution in [-0.2, 0) is 0 Å². The van der Waals surface area contributed by atoms with Gasteiger partial charge in [-0.1, -0.05) is 13.8 Å². The molecule has 1 heterocycles. The maximum atomic E-state index is 11.8. The minimum Gasteiger partial charge on any atom is -0.436 e. The molecule has 90 valence electrons. The number of oxazole rings is 1. The van der Waals surface area contributed by atoms with Gasteiger partial charge in [-0.2, -0.15) is 0 Å². The minimum atomic E-state index is -0.328. The molecule has 1 rings (SSSR count). The zero-order valence-corrected chi connectivity index (χ0v) is 10.1. The minimum absolute atomic E-state index is 0.0877. The van der Waals surface area contributed by atoms with Crippen LogP contribution in [0.1, 0.15) is 36.0 Å². The van der Waals surface area contributed by atoms with E-state index in [0.717, 1.165) is 0 Å². The van der Waals surface area contributed by atoms with Crippen molar-refractivity contribution in [3.05, 3.63) is 17.3 Å². The van der Waals surface area contributed by atoms with Crippen molar-refractivity contribution in [2.75, 3.05) is 6.61 Å². The number of nitrogens with one attached hydrogen (secondary N) is 1. The Morgan fingerprint density at radius 1 is 1.50 bits per heavy atom. The van der Waals surface area contributed by atoms with Crippen molar-refractivity contribution in [1.82, 2.24) is 10.3 Å². The maximum absolute atomic E-state index is 11.8. The molecule has 1 amide bonds. The first-order chi connectivity index (χ1) is 7.45. The first kappa shape index (κ1) is 12.7. The number of hydrogen-bond donors (Lipinski definition) is 2. The van der Waals surface area contributed by atoms with Gasteiger partial charge in [0.2, 0.25) is 5.76 Å². The fourth-order valence-corrected chi connectivity index (χ4v) is 1.40. The Labute approximate surface area is 94.9 Å².